The normalized spacial score (nSPS) is 11.5. The van der Waals surface area contributed by atoms with Crippen LogP contribution in [0, 0.1) is 11.8 Å². The minimum absolute atomic E-state index is 0.0830. The van der Waals surface area contributed by atoms with Gasteiger partial charge in [-0.15, -0.1) is 0 Å². The third-order valence-electron chi connectivity index (χ3n) is 4.79. The number of aromatic nitrogens is 2. The second-order valence-corrected chi connectivity index (χ2v) is 11.2. The van der Waals surface area contributed by atoms with Crippen LogP contribution in [0.2, 0.25) is 0 Å². The summed E-state index contributed by atoms with van der Waals surface area (Å²) in [7, 11) is -1.52. The molecular weight excluding hydrogens is 464 g/mol. The number of esters is 1. The van der Waals surface area contributed by atoms with Crippen molar-refractivity contribution >= 4 is 15.8 Å². The van der Waals surface area contributed by atoms with E-state index in [4.69, 9.17) is 9.47 Å². The average molecular weight is 495 g/mol. The topological polar surface area (TPSA) is 87.5 Å². The van der Waals surface area contributed by atoms with Gasteiger partial charge >= 0.3 is 5.97 Å². The fourth-order valence-electron chi connectivity index (χ4n) is 3.30. The number of carbonyl (C=O) groups is 1. The van der Waals surface area contributed by atoms with Gasteiger partial charge in [-0.2, -0.15) is 5.10 Å². The first-order chi connectivity index (χ1) is 16.5. The number of aryl methyl sites for hydroxylation is 1. The number of rotatable bonds is 7. The van der Waals surface area contributed by atoms with E-state index in [1.807, 2.05) is 32.3 Å². The van der Waals surface area contributed by atoms with Crippen LogP contribution in [0.5, 0.6) is 5.75 Å². The molecule has 0 saturated heterocycles. The molecule has 0 bridgehead atoms. The number of hydrogen-bond donors (Lipinski definition) is 0. The van der Waals surface area contributed by atoms with E-state index in [2.05, 4.69) is 16.9 Å². The van der Waals surface area contributed by atoms with Gasteiger partial charge in [-0.05, 0) is 63.1 Å². The maximum Gasteiger partial charge on any atom is 0.344 e. The van der Waals surface area contributed by atoms with E-state index in [1.54, 1.807) is 62.0 Å². The standard InChI is InChI=1S/C27H30N2O5S/c1-6-14-35(31,32)24-9-7-8-20(15-24)10-11-22-16-21(23-17-28-29(5)18-23)12-13-25(22)33-19-26(30)34-27(2,3)4/h7-9,12-13,15-18H,6,14,19H2,1-5H3. The minimum atomic E-state index is -3.35. The third-order valence-corrected chi connectivity index (χ3v) is 6.71. The number of benzene rings is 2. The molecule has 0 aliphatic carbocycles. The summed E-state index contributed by atoms with van der Waals surface area (Å²) in [6, 6.07) is 12.1. The number of carbonyl (C=O) groups excluding carboxylic acids is 1. The highest BCUT2D eigenvalue weighted by Crippen LogP contribution is 2.26. The SMILES string of the molecule is CCCS(=O)(=O)c1cccc(C#Cc2cc(-c3cnn(C)c3)ccc2OCC(=O)OC(C)(C)C)c1. The summed E-state index contributed by atoms with van der Waals surface area (Å²) >= 11 is 0. The van der Waals surface area contributed by atoms with E-state index < -0.39 is 21.4 Å². The second-order valence-electron chi connectivity index (χ2n) is 9.09. The van der Waals surface area contributed by atoms with E-state index in [0.29, 0.717) is 23.3 Å². The quantitative estimate of drug-likeness (QED) is 0.358. The fraction of sp³-hybridized carbons (Fsp3) is 0.333. The van der Waals surface area contributed by atoms with E-state index in [9.17, 15) is 13.2 Å². The van der Waals surface area contributed by atoms with E-state index in [0.717, 1.165) is 11.1 Å². The fourth-order valence-corrected chi connectivity index (χ4v) is 4.67. The maximum atomic E-state index is 12.4. The third kappa shape index (κ3) is 7.46. The zero-order valence-electron chi connectivity index (χ0n) is 20.7. The van der Waals surface area contributed by atoms with Crippen molar-refractivity contribution in [2.24, 2.45) is 7.05 Å². The van der Waals surface area contributed by atoms with Gasteiger partial charge in [0.2, 0.25) is 0 Å². The number of sulfone groups is 1. The maximum absolute atomic E-state index is 12.4. The van der Waals surface area contributed by atoms with Gasteiger partial charge in [-0.3, -0.25) is 4.68 Å². The Morgan fingerprint density at radius 1 is 1.09 bits per heavy atom. The van der Waals surface area contributed by atoms with Gasteiger partial charge in [0, 0.05) is 24.4 Å². The van der Waals surface area contributed by atoms with Gasteiger partial charge in [0.05, 0.1) is 22.4 Å². The summed E-state index contributed by atoms with van der Waals surface area (Å²) in [5.74, 6) is 6.13. The highest BCUT2D eigenvalue weighted by molar-refractivity contribution is 7.91. The molecule has 3 aromatic rings. The monoisotopic (exact) mass is 494 g/mol. The molecule has 3 rings (SSSR count). The van der Waals surface area contributed by atoms with Crippen LogP contribution < -0.4 is 4.74 Å². The first kappa shape index (κ1) is 26.0. The van der Waals surface area contributed by atoms with Gasteiger partial charge in [0.15, 0.2) is 16.4 Å². The molecule has 0 unspecified atom stereocenters. The van der Waals surface area contributed by atoms with Gasteiger partial charge in [0.1, 0.15) is 11.4 Å². The lowest BCUT2D eigenvalue weighted by molar-refractivity contribution is -0.157. The molecule has 0 spiro atoms. The molecule has 0 amide bonds. The number of hydrogen-bond acceptors (Lipinski definition) is 6. The molecule has 0 atom stereocenters. The van der Waals surface area contributed by atoms with Crippen molar-refractivity contribution in [1.82, 2.24) is 9.78 Å². The molecule has 0 N–H and O–H groups in total. The Morgan fingerprint density at radius 3 is 2.51 bits per heavy atom. The predicted octanol–water partition coefficient (Wildman–Crippen LogP) is 4.39. The molecule has 0 fully saturated rings. The summed E-state index contributed by atoms with van der Waals surface area (Å²) < 4.78 is 37.7. The first-order valence-corrected chi connectivity index (χ1v) is 12.9. The van der Waals surface area contributed by atoms with E-state index >= 15 is 0 Å². The van der Waals surface area contributed by atoms with Crippen LogP contribution in [0.3, 0.4) is 0 Å². The van der Waals surface area contributed by atoms with E-state index in [1.165, 1.54) is 0 Å². The van der Waals surface area contributed by atoms with Crippen molar-refractivity contribution in [2.45, 2.75) is 44.6 Å². The Labute approximate surface area is 207 Å². The molecule has 0 saturated carbocycles. The Hall–Kier alpha value is -3.57. The largest absolute Gasteiger partial charge is 0.481 e. The zero-order chi connectivity index (χ0) is 25.6. The van der Waals surface area contributed by atoms with Crippen molar-refractivity contribution in [1.29, 1.82) is 0 Å². The Balaban J connectivity index is 1.95. The van der Waals surface area contributed by atoms with Crippen LogP contribution in [0.1, 0.15) is 45.2 Å². The Kier molecular flexibility index (Phi) is 8.03. The van der Waals surface area contributed by atoms with Gasteiger partial charge in [0.25, 0.3) is 0 Å². The van der Waals surface area contributed by atoms with Crippen molar-refractivity contribution in [3.63, 3.8) is 0 Å². The molecule has 1 heterocycles. The molecule has 7 nitrogen and oxygen atoms in total. The molecule has 2 aromatic carbocycles. The van der Waals surface area contributed by atoms with Crippen molar-refractivity contribution in [2.75, 3.05) is 12.4 Å². The molecule has 0 radical (unpaired) electrons. The molecule has 1 aromatic heterocycles. The molecule has 0 aliphatic rings. The second kappa shape index (κ2) is 10.8. The van der Waals surface area contributed by atoms with Crippen LogP contribution in [-0.2, 0) is 26.4 Å². The summed E-state index contributed by atoms with van der Waals surface area (Å²) in [5, 5.41) is 4.21. The molecule has 0 aliphatic heterocycles. The Morgan fingerprint density at radius 2 is 1.86 bits per heavy atom. The van der Waals surface area contributed by atoms with Crippen LogP contribution in [-0.4, -0.2) is 42.1 Å². The molecular formula is C27H30N2O5S. The predicted molar refractivity (Wildman–Crippen MR) is 135 cm³/mol. The smallest absolute Gasteiger partial charge is 0.344 e. The van der Waals surface area contributed by atoms with Crippen LogP contribution in [0.4, 0.5) is 0 Å². The van der Waals surface area contributed by atoms with Gasteiger partial charge in [-0.1, -0.05) is 30.9 Å². The first-order valence-electron chi connectivity index (χ1n) is 11.3. The van der Waals surface area contributed by atoms with Crippen molar-refractivity contribution in [3.05, 3.63) is 66.0 Å². The number of ether oxygens (including phenoxy) is 2. The molecule has 35 heavy (non-hydrogen) atoms. The van der Waals surface area contributed by atoms with E-state index in [-0.39, 0.29) is 17.3 Å². The van der Waals surface area contributed by atoms with Crippen LogP contribution in [0.25, 0.3) is 11.1 Å². The summed E-state index contributed by atoms with van der Waals surface area (Å²) in [4.78, 5) is 12.4. The van der Waals surface area contributed by atoms with Crippen LogP contribution in [0.15, 0.2) is 59.8 Å². The lowest BCUT2D eigenvalue weighted by atomic mass is 10.0. The molecule has 184 valence electrons. The lowest BCUT2D eigenvalue weighted by Crippen LogP contribution is -2.27. The lowest BCUT2D eigenvalue weighted by Gasteiger charge is -2.19. The summed E-state index contributed by atoms with van der Waals surface area (Å²) in [5.41, 5.74) is 2.29. The average Bonchev–Trinajstić information content (AvgIpc) is 3.22. The molecule has 8 heteroatoms. The zero-order valence-corrected chi connectivity index (χ0v) is 21.5. The van der Waals surface area contributed by atoms with Gasteiger partial charge < -0.3 is 9.47 Å². The van der Waals surface area contributed by atoms with Gasteiger partial charge in [-0.25, -0.2) is 13.2 Å². The highest BCUT2D eigenvalue weighted by Gasteiger charge is 2.17. The Bertz CT molecular complexity index is 1370. The minimum Gasteiger partial charge on any atom is -0.481 e. The number of nitrogens with zero attached hydrogens (tertiary/aromatic N) is 2. The highest BCUT2D eigenvalue weighted by atomic mass is 32.2. The summed E-state index contributed by atoms with van der Waals surface area (Å²) in [6.07, 6.45) is 4.17. The van der Waals surface area contributed by atoms with Crippen molar-refractivity contribution in [3.8, 4) is 28.7 Å². The van der Waals surface area contributed by atoms with Crippen LogP contribution >= 0.6 is 0 Å². The van der Waals surface area contributed by atoms with Crippen molar-refractivity contribution < 1.29 is 22.7 Å². The summed E-state index contributed by atoms with van der Waals surface area (Å²) in [6.45, 7) is 6.94.